The van der Waals surface area contributed by atoms with Crippen LogP contribution in [0, 0.1) is 25.2 Å². The van der Waals surface area contributed by atoms with Gasteiger partial charge in [0.1, 0.15) is 5.82 Å². The summed E-state index contributed by atoms with van der Waals surface area (Å²) in [6.45, 7) is 21.1. The average molecular weight is 479 g/mol. The van der Waals surface area contributed by atoms with Crippen LogP contribution in [0.2, 0.25) is 0 Å². The van der Waals surface area contributed by atoms with Crippen molar-refractivity contribution < 1.29 is 0 Å². The SMILES string of the molecule is C#CCC.C=C(/N=C(\C=C/C)C(=C(/N)c1ccc(C)cc1)/N1C=CC(CC)CC1)NC.CC.CC. The van der Waals surface area contributed by atoms with E-state index in [2.05, 4.69) is 78.1 Å². The Hall–Kier alpha value is -3.19. The number of nitrogens with two attached hydrogens (primary N) is 1. The molecule has 35 heavy (non-hydrogen) atoms. The lowest BCUT2D eigenvalue weighted by Gasteiger charge is -2.31. The molecule has 3 N–H and O–H groups in total. The quantitative estimate of drug-likeness (QED) is 0.312. The number of benzene rings is 1. The van der Waals surface area contributed by atoms with Crippen LogP contribution in [-0.2, 0) is 0 Å². The monoisotopic (exact) mass is 478 g/mol. The maximum absolute atomic E-state index is 6.67. The molecule has 4 heteroatoms. The maximum atomic E-state index is 6.67. The van der Waals surface area contributed by atoms with E-state index in [1.807, 2.05) is 60.7 Å². The Morgan fingerprint density at radius 2 is 1.80 bits per heavy atom. The Balaban J connectivity index is 0. The summed E-state index contributed by atoms with van der Waals surface area (Å²) in [5.41, 5.74) is 11.3. The van der Waals surface area contributed by atoms with E-state index in [1.54, 1.807) is 0 Å². The van der Waals surface area contributed by atoms with Crippen LogP contribution in [0.25, 0.3) is 5.70 Å². The summed E-state index contributed by atoms with van der Waals surface area (Å²) in [4.78, 5) is 6.89. The molecule has 4 nitrogen and oxygen atoms in total. The molecule has 0 saturated carbocycles. The summed E-state index contributed by atoms with van der Waals surface area (Å²) in [6.07, 6.45) is 16.3. The van der Waals surface area contributed by atoms with Gasteiger partial charge in [0.05, 0.1) is 17.1 Å². The van der Waals surface area contributed by atoms with Crippen molar-refractivity contribution in [1.82, 2.24) is 10.2 Å². The molecule has 1 aliphatic heterocycles. The number of nitrogens with one attached hydrogen (secondary N) is 1. The molecule has 0 spiro atoms. The molecule has 0 saturated heterocycles. The lowest BCUT2D eigenvalue weighted by atomic mass is 9.98. The standard InChI is InChI=1S/C23H32N4.C4H6.2C2H6/c1-6-8-21(26-18(4)25-5)23(27-15-13-19(7-2)14-16-27)22(24)20-11-9-17(3)10-12-20;1-3-4-2;2*1-2/h6,8-13,15,19,25H,4,7,14,16,24H2,1-3,5H3;1H,4H2,2H3;2*1-2H3/b8-6-,23-22-,26-21+;;;. The van der Waals surface area contributed by atoms with E-state index in [9.17, 15) is 0 Å². The highest BCUT2D eigenvalue weighted by Gasteiger charge is 2.21. The van der Waals surface area contributed by atoms with Gasteiger partial charge in [-0.05, 0) is 44.2 Å². The van der Waals surface area contributed by atoms with Crippen molar-refractivity contribution >= 4 is 11.4 Å². The fourth-order valence-electron chi connectivity index (χ4n) is 3.07. The Bertz CT molecular complexity index is 864. The number of rotatable bonds is 7. The van der Waals surface area contributed by atoms with Gasteiger partial charge in [-0.1, -0.05) is 90.1 Å². The number of hydrogen-bond acceptors (Lipinski definition) is 4. The largest absolute Gasteiger partial charge is 0.396 e. The number of aliphatic imine (C=N–C) groups is 1. The summed E-state index contributed by atoms with van der Waals surface area (Å²) in [6, 6.07) is 8.29. The topological polar surface area (TPSA) is 53.6 Å². The van der Waals surface area contributed by atoms with Crippen molar-refractivity contribution in [1.29, 1.82) is 0 Å². The lowest BCUT2D eigenvalue weighted by Crippen LogP contribution is -2.30. The molecule has 1 atom stereocenters. The van der Waals surface area contributed by atoms with E-state index in [-0.39, 0.29) is 0 Å². The van der Waals surface area contributed by atoms with Crippen LogP contribution in [0.1, 0.15) is 78.9 Å². The Morgan fingerprint density at radius 3 is 2.20 bits per heavy atom. The van der Waals surface area contributed by atoms with Gasteiger partial charge in [0.25, 0.3) is 0 Å². The van der Waals surface area contributed by atoms with Crippen molar-refractivity contribution in [2.75, 3.05) is 13.6 Å². The number of allylic oxidation sites excluding steroid dienone is 3. The number of terminal acetylenes is 1. The normalized spacial score (nSPS) is 15.3. The van der Waals surface area contributed by atoms with Gasteiger partial charge in [-0.15, -0.1) is 12.3 Å². The smallest absolute Gasteiger partial charge is 0.119 e. The van der Waals surface area contributed by atoms with Crippen LogP contribution in [0.15, 0.2) is 71.8 Å². The molecule has 0 aliphatic carbocycles. The average Bonchev–Trinajstić information content (AvgIpc) is 2.92. The molecule has 0 amide bonds. The third-order valence-electron chi connectivity index (χ3n) is 5.02. The van der Waals surface area contributed by atoms with Gasteiger partial charge < -0.3 is 16.0 Å². The molecule has 0 radical (unpaired) electrons. The van der Waals surface area contributed by atoms with E-state index in [0.29, 0.717) is 11.7 Å². The molecule has 194 valence electrons. The van der Waals surface area contributed by atoms with Gasteiger partial charge in [-0.2, -0.15) is 0 Å². The highest BCUT2D eigenvalue weighted by atomic mass is 15.1. The molecule has 1 aliphatic rings. The van der Waals surface area contributed by atoms with Crippen molar-refractivity contribution in [2.24, 2.45) is 16.6 Å². The predicted molar refractivity (Wildman–Crippen MR) is 159 cm³/mol. The van der Waals surface area contributed by atoms with Crippen LogP contribution in [0.4, 0.5) is 0 Å². The highest BCUT2D eigenvalue weighted by molar-refractivity contribution is 6.12. The summed E-state index contributed by atoms with van der Waals surface area (Å²) >= 11 is 0. The van der Waals surface area contributed by atoms with Gasteiger partial charge in [0, 0.05) is 26.2 Å². The number of aryl methyl sites for hydroxylation is 1. The van der Waals surface area contributed by atoms with E-state index in [0.717, 1.165) is 48.5 Å². The molecule has 0 bridgehead atoms. The van der Waals surface area contributed by atoms with Crippen LogP contribution in [-0.4, -0.2) is 24.2 Å². The predicted octanol–water partition coefficient (Wildman–Crippen LogP) is 7.66. The molecule has 1 aromatic rings. The Morgan fingerprint density at radius 1 is 1.23 bits per heavy atom. The van der Waals surface area contributed by atoms with E-state index in [4.69, 9.17) is 12.2 Å². The highest BCUT2D eigenvalue weighted by Crippen LogP contribution is 2.26. The first kappa shape index (κ1) is 34.0. The van der Waals surface area contributed by atoms with Crippen LogP contribution >= 0.6 is 0 Å². The molecule has 0 aromatic heterocycles. The van der Waals surface area contributed by atoms with Crippen molar-refractivity contribution in [2.45, 2.75) is 74.7 Å². The second-order valence-electron chi connectivity index (χ2n) is 7.37. The number of nitrogens with zero attached hydrogens (tertiary/aromatic N) is 2. The van der Waals surface area contributed by atoms with Crippen molar-refractivity contribution in [3.05, 3.63) is 77.9 Å². The summed E-state index contributed by atoms with van der Waals surface area (Å²) in [5, 5.41) is 3.00. The second kappa shape index (κ2) is 21.4. The molecular formula is C31H50N4. The minimum absolute atomic E-state index is 0.602. The lowest BCUT2D eigenvalue weighted by molar-refractivity contribution is 0.391. The molecule has 1 aromatic carbocycles. The van der Waals surface area contributed by atoms with Gasteiger partial charge in [0.15, 0.2) is 0 Å². The Labute approximate surface area is 216 Å². The second-order valence-corrected chi connectivity index (χ2v) is 7.37. The summed E-state index contributed by atoms with van der Waals surface area (Å²) in [5.74, 6) is 3.65. The molecule has 1 unspecified atom stereocenters. The van der Waals surface area contributed by atoms with Crippen LogP contribution in [0.3, 0.4) is 0 Å². The van der Waals surface area contributed by atoms with Crippen LogP contribution < -0.4 is 11.1 Å². The third-order valence-corrected chi connectivity index (χ3v) is 5.02. The van der Waals surface area contributed by atoms with Gasteiger partial charge in [0.2, 0.25) is 0 Å². The zero-order valence-corrected chi connectivity index (χ0v) is 23.8. The fraction of sp³-hybridized carbons (Fsp3) is 0.452. The first-order valence-electron chi connectivity index (χ1n) is 12.9. The summed E-state index contributed by atoms with van der Waals surface area (Å²) in [7, 11) is 1.82. The third kappa shape index (κ3) is 12.7. The van der Waals surface area contributed by atoms with E-state index < -0.39 is 0 Å². The molecular weight excluding hydrogens is 428 g/mol. The van der Waals surface area contributed by atoms with Crippen LogP contribution in [0.5, 0.6) is 0 Å². The van der Waals surface area contributed by atoms with E-state index >= 15 is 0 Å². The first-order chi connectivity index (χ1) is 16.9. The fourth-order valence-corrected chi connectivity index (χ4v) is 3.07. The van der Waals surface area contributed by atoms with E-state index in [1.165, 1.54) is 5.56 Å². The minimum atomic E-state index is 0.602. The molecule has 2 rings (SSSR count). The zero-order chi connectivity index (χ0) is 27.2. The molecule has 1 heterocycles. The molecule has 0 fully saturated rings. The first-order valence-corrected chi connectivity index (χ1v) is 12.9. The number of hydrogen-bond donors (Lipinski definition) is 2. The minimum Gasteiger partial charge on any atom is -0.396 e. The van der Waals surface area contributed by atoms with Gasteiger partial charge >= 0.3 is 0 Å². The van der Waals surface area contributed by atoms with Gasteiger partial charge in [-0.25, -0.2) is 4.99 Å². The van der Waals surface area contributed by atoms with Crippen molar-refractivity contribution in [3.8, 4) is 12.3 Å². The van der Waals surface area contributed by atoms with Gasteiger partial charge in [-0.3, -0.25) is 0 Å². The Kier molecular flexibility index (Phi) is 20.7. The summed E-state index contributed by atoms with van der Waals surface area (Å²) < 4.78 is 0. The van der Waals surface area contributed by atoms with Crippen molar-refractivity contribution in [3.63, 3.8) is 0 Å². The maximum Gasteiger partial charge on any atom is 0.119 e. The zero-order valence-electron chi connectivity index (χ0n) is 23.8.